The fourth-order valence-corrected chi connectivity index (χ4v) is 3.32. The van der Waals surface area contributed by atoms with Crippen LogP contribution in [-0.2, 0) is 0 Å². The van der Waals surface area contributed by atoms with Gasteiger partial charge in [0.2, 0.25) is 0 Å². The molecule has 0 amide bonds. The molecule has 90 valence electrons. The number of hydrogen-bond donors (Lipinski definition) is 0. The van der Waals surface area contributed by atoms with E-state index in [0.717, 1.165) is 4.88 Å². The minimum atomic E-state index is -0.421. The number of halogens is 4. The summed E-state index contributed by atoms with van der Waals surface area (Å²) in [6.07, 6.45) is 0. The van der Waals surface area contributed by atoms with Gasteiger partial charge in [0.25, 0.3) is 0 Å². The Hall–Kier alpha value is -0.450. The summed E-state index contributed by atoms with van der Waals surface area (Å²) in [7, 11) is 0. The maximum Gasteiger partial charge on any atom is 0.128 e. The Morgan fingerprint density at radius 1 is 1.24 bits per heavy atom. The predicted octanol–water partition coefficient (Wildman–Crippen LogP) is 5.47. The lowest BCUT2D eigenvalue weighted by Gasteiger charge is -2.10. The Morgan fingerprint density at radius 3 is 2.53 bits per heavy atom. The summed E-state index contributed by atoms with van der Waals surface area (Å²) in [5.74, 6) is -0.830. The highest BCUT2D eigenvalue weighted by molar-refractivity contribution is 9.09. The molecule has 0 radical (unpaired) electrons. The predicted molar refractivity (Wildman–Crippen MR) is 71.2 cm³/mol. The van der Waals surface area contributed by atoms with Gasteiger partial charge in [-0.15, -0.1) is 11.3 Å². The van der Waals surface area contributed by atoms with Crippen LogP contribution in [0.2, 0.25) is 4.34 Å². The van der Waals surface area contributed by atoms with E-state index in [4.69, 9.17) is 11.6 Å². The Kier molecular flexibility index (Phi) is 3.85. The average molecular weight is 338 g/mol. The highest BCUT2D eigenvalue weighted by Gasteiger charge is 2.18. The number of benzene rings is 1. The topological polar surface area (TPSA) is 0 Å². The highest BCUT2D eigenvalue weighted by Crippen LogP contribution is 2.38. The molecule has 0 saturated heterocycles. The van der Waals surface area contributed by atoms with Crippen molar-refractivity contribution >= 4 is 38.9 Å². The first-order valence-corrected chi connectivity index (χ1v) is 6.95. The zero-order valence-electron chi connectivity index (χ0n) is 8.81. The van der Waals surface area contributed by atoms with E-state index >= 15 is 0 Å². The van der Waals surface area contributed by atoms with Crippen LogP contribution in [0.25, 0.3) is 0 Å². The van der Waals surface area contributed by atoms with Crippen LogP contribution >= 0.6 is 38.9 Å². The summed E-state index contributed by atoms with van der Waals surface area (Å²) < 4.78 is 27.8. The first-order valence-electron chi connectivity index (χ1n) is 4.84. The molecular weight excluding hydrogens is 330 g/mol. The lowest BCUT2D eigenvalue weighted by Crippen LogP contribution is -1.97. The standard InChI is InChI=1S/C12H8BrClF2S/c1-6-4-9(16)7(5-8(6)15)12(13)10-2-3-11(14)17-10/h2-5,12H,1H3. The second-order valence-electron chi connectivity index (χ2n) is 3.63. The van der Waals surface area contributed by atoms with Gasteiger partial charge in [0.05, 0.1) is 9.16 Å². The van der Waals surface area contributed by atoms with E-state index in [9.17, 15) is 8.78 Å². The number of hydrogen-bond acceptors (Lipinski definition) is 1. The van der Waals surface area contributed by atoms with Crippen LogP contribution in [0, 0.1) is 18.6 Å². The molecule has 1 aromatic carbocycles. The first-order chi connectivity index (χ1) is 7.99. The molecule has 0 aliphatic rings. The van der Waals surface area contributed by atoms with Gasteiger partial charge in [-0.3, -0.25) is 0 Å². The molecular formula is C12H8BrClF2S. The lowest BCUT2D eigenvalue weighted by atomic mass is 10.1. The SMILES string of the molecule is Cc1cc(F)c(C(Br)c2ccc(Cl)s2)cc1F. The van der Waals surface area contributed by atoms with Gasteiger partial charge in [-0.25, -0.2) is 8.78 Å². The normalized spacial score (nSPS) is 12.8. The summed E-state index contributed by atoms with van der Waals surface area (Å²) in [5.41, 5.74) is 0.585. The summed E-state index contributed by atoms with van der Waals surface area (Å²) in [5, 5.41) is 0. The summed E-state index contributed by atoms with van der Waals surface area (Å²) in [6, 6.07) is 5.95. The van der Waals surface area contributed by atoms with Gasteiger partial charge in [-0.2, -0.15) is 0 Å². The van der Waals surface area contributed by atoms with Crippen LogP contribution in [0.5, 0.6) is 0 Å². The van der Waals surface area contributed by atoms with Crippen LogP contribution in [0.3, 0.4) is 0 Å². The van der Waals surface area contributed by atoms with Crippen molar-refractivity contribution in [2.75, 3.05) is 0 Å². The molecule has 2 rings (SSSR count). The van der Waals surface area contributed by atoms with Gasteiger partial charge in [0, 0.05) is 10.4 Å². The fraction of sp³-hybridized carbons (Fsp3) is 0.167. The van der Waals surface area contributed by atoms with Crippen LogP contribution in [-0.4, -0.2) is 0 Å². The van der Waals surface area contributed by atoms with Gasteiger partial charge >= 0.3 is 0 Å². The van der Waals surface area contributed by atoms with E-state index in [2.05, 4.69) is 15.9 Å². The van der Waals surface area contributed by atoms with Gasteiger partial charge in [0.1, 0.15) is 11.6 Å². The van der Waals surface area contributed by atoms with Crippen molar-refractivity contribution in [3.05, 3.63) is 56.2 Å². The van der Waals surface area contributed by atoms with E-state index < -0.39 is 11.6 Å². The molecule has 17 heavy (non-hydrogen) atoms. The third kappa shape index (κ3) is 2.69. The maximum atomic E-state index is 13.7. The van der Waals surface area contributed by atoms with Gasteiger partial charge in [-0.05, 0) is 36.8 Å². The molecule has 1 heterocycles. The van der Waals surface area contributed by atoms with Crippen LogP contribution < -0.4 is 0 Å². The molecule has 0 aliphatic carbocycles. The molecule has 0 bridgehead atoms. The number of thiophene rings is 1. The van der Waals surface area contributed by atoms with E-state index in [1.807, 2.05) is 0 Å². The Bertz CT molecular complexity index is 553. The largest absolute Gasteiger partial charge is 0.207 e. The number of rotatable bonds is 2. The van der Waals surface area contributed by atoms with E-state index in [1.165, 1.54) is 30.4 Å². The summed E-state index contributed by atoms with van der Waals surface area (Å²) >= 11 is 10.5. The quantitative estimate of drug-likeness (QED) is 0.637. The van der Waals surface area contributed by atoms with Crippen molar-refractivity contribution < 1.29 is 8.78 Å². The molecule has 0 N–H and O–H groups in total. The molecule has 2 aromatic rings. The molecule has 0 nitrogen and oxygen atoms in total. The Labute approximate surface area is 115 Å². The van der Waals surface area contributed by atoms with Gasteiger partial charge < -0.3 is 0 Å². The van der Waals surface area contributed by atoms with Gasteiger partial charge in [-0.1, -0.05) is 27.5 Å². The summed E-state index contributed by atoms with van der Waals surface area (Å²) in [6.45, 7) is 1.54. The Morgan fingerprint density at radius 2 is 1.94 bits per heavy atom. The minimum Gasteiger partial charge on any atom is -0.207 e. The second-order valence-corrected chi connectivity index (χ2v) is 6.29. The van der Waals surface area contributed by atoms with Crippen LogP contribution in [0.15, 0.2) is 24.3 Å². The third-order valence-corrected chi connectivity index (χ3v) is 4.98. The third-order valence-electron chi connectivity index (χ3n) is 2.39. The van der Waals surface area contributed by atoms with E-state index in [1.54, 1.807) is 12.1 Å². The average Bonchev–Trinajstić information content (AvgIpc) is 2.69. The molecule has 0 fully saturated rings. The van der Waals surface area contributed by atoms with Crippen LogP contribution in [0.1, 0.15) is 20.8 Å². The van der Waals surface area contributed by atoms with Crippen molar-refractivity contribution in [2.24, 2.45) is 0 Å². The van der Waals surface area contributed by atoms with Crippen molar-refractivity contribution in [2.45, 2.75) is 11.8 Å². The van der Waals surface area contributed by atoms with Crippen molar-refractivity contribution in [1.29, 1.82) is 0 Å². The first kappa shape index (κ1) is 13.0. The molecule has 5 heteroatoms. The maximum absolute atomic E-state index is 13.7. The molecule has 1 unspecified atom stereocenters. The molecule has 1 aromatic heterocycles. The molecule has 1 atom stereocenters. The fourth-order valence-electron chi connectivity index (χ4n) is 1.47. The molecule has 0 aliphatic heterocycles. The van der Waals surface area contributed by atoms with Crippen molar-refractivity contribution in [1.82, 2.24) is 0 Å². The second kappa shape index (κ2) is 5.04. The van der Waals surface area contributed by atoms with Crippen molar-refractivity contribution in [3.63, 3.8) is 0 Å². The minimum absolute atomic E-state index is 0.284. The zero-order chi connectivity index (χ0) is 12.6. The van der Waals surface area contributed by atoms with E-state index in [-0.39, 0.29) is 10.4 Å². The monoisotopic (exact) mass is 336 g/mol. The number of aryl methyl sites for hydroxylation is 1. The Balaban J connectivity index is 2.43. The van der Waals surface area contributed by atoms with Gasteiger partial charge in [0.15, 0.2) is 0 Å². The van der Waals surface area contributed by atoms with Crippen molar-refractivity contribution in [3.8, 4) is 0 Å². The molecule has 0 saturated carbocycles. The zero-order valence-corrected chi connectivity index (χ0v) is 12.0. The highest BCUT2D eigenvalue weighted by atomic mass is 79.9. The van der Waals surface area contributed by atoms with E-state index in [0.29, 0.717) is 9.90 Å². The number of alkyl halides is 1. The summed E-state index contributed by atoms with van der Waals surface area (Å²) in [4.78, 5) is 0.465. The lowest BCUT2D eigenvalue weighted by molar-refractivity contribution is 0.581. The smallest absolute Gasteiger partial charge is 0.128 e. The molecule has 0 spiro atoms. The van der Waals surface area contributed by atoms with Crippen LogP contribution in [0.4, 0.5) is 8.78 Å².